The van der Waals surface area contributed by atoms with Crippen molar-refractivity contribution >= 4 is 17.1 Å². The van der Waals surface area contributed by atoms with Crippen LogP contribution in [-0.2, 0) is 25.9 Å². The molecule has 0 saturated carbocycles. The molecule has 2 N–H and O–H groups in total. The summed E-state index contributed by atoms with van der Waals surface area (Å²) >= 11 is 0. The molecule has 1 unspecified atom stereocenters. The molecule has 1 heterocycles. The highest BCUT2D eigenvalue weighted by Gasteiger charge is 2.18. The highest BCUT2D eigenvalue weighted by molar-refractivity contribution is 5.75. The Balaban J connectivity index is 1.08. The number of amides is 2. The molecule has 4 aromatic rings. The average molecular weight is 439 g/mol. The van der Waals surface area contributed by atoms with Gasteiger partial charge in [-0.15, -0.1) is 0 Å². The summed E-state index contributed by atoms with van der Waals surface area (Å²) in [5.41, 5.74) is 7.38. The fraction of sp³-hybridized carbons (Fsp3) is 0.286. The molecular weight excluding hydrogens is 408 g/mol. The van der Waals surface area contributed by atoms with Gasteiger partial charge in [-0.2, -0.15) is 0 Å². The van der Waals surface area contributed by atoms with Crippen molar-refractivity contribution in [2.45, 2.75) is 38.8 Å². The highest BCUT2D eigenvalue weighted by atomic mass is 16.2. The number of nitrogens with zero attached hydrogens (tertiary/aromatic N) is 2. The molecule has 0 radical (unpaired) electrons. The third kappa shape index (κ3) is 5.25. The third-order valence-electron chi connectivity index (χ3n) is 6.61. The van der Waals surface area contributed by atoms with E-state index in [1.807, 2.05) is 30.6 Å². The van der Waals surface area contributed by atoms with E-state index in [0.29, 0.717) is 19.0 Å². The highest BCUT2D eigenvalue weighted by Crippen LogP contribution is 2.27. The van der Waals surface area contributed by atoms with Crippen LogP contribution >= 0.6 is 0 Å². The topological polar surface area (TPSA) is 59.0 Å². The van der Waals surface area contributed by atoms with Crippen molar-refractivity contribution < 1.29 is 4.79 Å². The average Bonchev–Trinajstić information content (AvgIpc) is 3.26. The van der Waals surface area contributed by atoms with E-state index in [0.717, 1.165) is 42.4 Å². The second-order valence-electron chi connectivity index (χ2n) is 8.96. The number of carbonyl (C=O) groups excluding carboxylic acids is 1. The SMILES string of the molecule is O=C(NCCC1CCc2ccccc2C1)NCc1cccc(Cn2cnc3ccccc32)c1. The second-order valence-corrected chi connectivity index (χ2v) is 8.96. The molecule has 5 nitrogen and oxygen atoms in total. The van der Waals surface area contributed by atoms with Gasteiger partial charge in [-0.05, 0) is 66.0 Å². The van der Waals surface area contributed by atoms with E-state index in [9.17, 15) is 4.79 Å². The number of para-hydroxylation sites is 2. The molecule has 1 aliphatic rings. The first-order valence-electron chi connectivity index (χ1n) is 11.8. The summed E-state index contributed by atoms with van der Waals surface area (Å²) in [6.07, 6.45) is 6.39. The zero-order valence-electron chi connectivity index (χ0n) is 18.8. The predicted octanol–water partition coefficient (Wildman–Crippen LogP) is 5.08. The molecule has 0 aliphatic heterocycles. The molecule has 1 aliphatic carbocycles. The minimum atomic E-state index is -0.0998. The molecule has 3 aromatic carbocycles. The summed E-state index contributed by atoms with van der Waals surface area (Å²) in [6, 6.07) is 25.1. The van der Waals surface area contributed by atoms with Crippen LogP contribution in [0.3, 0.4) is 0 Å². The van der Waals surface area contributed by atoms with E-state index >= 15 is 0 Å². The first-order valence-corrected chi connectivity index (χ1v) is 11.8. The number of rotatable bonds is 7. The molecule has 2 amide bonds. The van der Waals surface area contributed by atoms with E-state index in [-0.39, 0.29) is 6.03 Å². The van der Waals surface area contributed by atoms with E-state index < -0.39 is 0 Å². The van der Waals surface area contributed by atoms with Gasteiger partial charge >= 0.3 is 6.03 Å². The Bertz CT molecular complexity index is 1250. The minimum absolute atomic E-state index is 0.0998. The van der Waals surface area contributed by atoms with Crippen molar-refractivity contribution in [3.05, 3.63) is 101 Å². The predicted molar refractivity (Wildman–Crippen MR) is 132 cm³/mol. The van der Waals surface area contributed by atoms with Crippen LogP contribution in [0.15, 0.2) is 79.1 Å². The first-order chi connectivity index (χ1) is 16.2. The molecule has 5 heteroatoms. The molecule has 33 heavy (non-hydrogen) atoms. The zero-order valence-corrected chi connectivity index (χ0v) is 18.8. The van der Waals surface area contributed by atoms with E-state index in [2.05, 4.69) is 68.7 Å². The quantitative estimate of drug-likeness (QED) is 0.423. The Morgan fingerprint density at radius 1 is 0.939 bits per heavy atom. The number of aromatic nitrogens is 2. The van der Waals surface area contributed by atoms with E-state index in [1.165, 1.54) is 23.1 Å². The fourth-order valence-corrected chi connectivity index (χ4v) is 4.83. The lowest BCUT2D eigenvalue weighted by molar-refractivity contribution is 0.239. The van der Waals surface area contributed by atoms with Crippen LogP contribution in [0.5, 0.6) is 0 Å². The Labute approximate surface area is 194 Å². The number of nitrogens with one attached hydrogen (secondary N) is 2. The molecule has 0 fully saturated rings. The summed E-state index contributed by atoms with van der Waals surface area (Å²) in [7, 11) is 0. The number of urea groups is 1. The Morgan fingerprint density at radius 3 is 2.70 bits per heavy atom. The monoisotopic (exact) mass is 438 g/mol. The normalized spacial score (nSPS) is 15.2. The lowest BCUT2D eigenvalue weighted by Gasteiger charge is -2.24. The van der Waals surface area contributed by atoms with Gasteiger partial charge in [0, 0.05) is 19.6 Å². The molecule has 0 saturated heterocycles. The third-order valence-corrected chi connectivity index (χ3v) is 6.61. The number of hydrogen-bond acceptors (Lipinski definition) is 2. The van der Waals surface area contributed by atoms with Gasteiger partial charge in [0.15, 0.2) is 0 Å². The van der Waals surface area contributed by atoms with Crippen molar-refractivity contribution in [3.63, 3.8) is 0 Å². The number of benzene rings is 3. The van der Waals surface area contributed by atoms with Crippen LogP contribution in [-0.4, -0.2) is 22.1 Å². The van der Waals surface area contributed by atoms with Gasteiger partial charge in [-0.3, -0.25) is 0 Å². The van der Waals surface area contributed by atoms with Crippen molar-refractivity contribution in [3.8, 4) is 0 Å². The maximum absolute atomic E-state index is 12.3. The summed E-state index contributed by atoms with van der Waals surface area (Å²) in [5, 5.41) is 6.03. The largest absolute Gasteiger partial charge is 0.338 e. The number of hydrogen-bond donors (Lipinski definition) is 2. The van der Waals surface area contributed by atoms with Gasteiger partial charge in [0.25, 0.3) is 0 Å². The molecule has 1 atom stereocenters. The van der Waals surface area contributed by atoms with E-state index in [4.69, 9.17) is 0 Å². The Kier molecular flexibility index (Phi) is 6.38. The van der Waals surface area contributed by atoms with Crippen LogP contribution in [0, 0.1) is 5.92 Å². The Hall–Kier alpha value is -3.60. The van der Waals surface area contributed by atoms with Crippen molar-refractivity contribution in [2.75, 3.05) is 6.54 Å². The van der Waals surface area contributed by atoms with Crippen LogP contribution in [0.4, 0.5) is 4.79 Å². The van der Waals surface area contributed by atoms with Gasteiger partial charge in [-0.1, -0.05) is 60.7 Å². The van der Waals surface area contributed by atoms with Crippen LogP contribution in [0.1, 0.15) is 35.1 Å². The maximum atomic E-state index is 12.3. The van der Waals surface area contributed by atoms with Gasteiger partial charge in [0.05, 0.1) is 17.4 Å². The van der Waals surface area contributed by atoms with Crippen LogP contribution < -0.4 is 10.6 Å². The maximum Gasteiger partial charge on any atom is 0.315 e. The fourth-order valence-electron chi connectivity index (χ4n) is 4.83. The molecule has 0 bridgehead atoms. The summed E-state index contributed by atoms with van der Waals surface area (Å²) < 4.78 is 2.15. The number of imidazole rings is 1. The van der Waals surface area contributed by atoms with E-state index in [1.54, 1.807) is 0 Å². The number of aryl methyl sites for hydroxylation is 1. The first kappa shape index (κ1) is 21.3. The van der Waals surface area contributed by atoms with Gasteiger partial charge in [-0.25, -0.2) is 9.78 Å². The Morgan fingerprint density at radius 2 is 1.76 bits per heavy atom. The van der Waals surface area contributed by atoms with Gasteiger partial charge < -0.3 is 15.2 Å². The summed E-state index contributed by atoms with van der Waals surface area (Å²) in [4.78, 5) is 16.8. The summed E-state index contributed by atoms with van der Waals surface area (Å²) in [6.45, 7) is 1.98. The molecule has 1 aromatic heterocycles. The van der Waals surface area contributed by atoms with Gasteiger partial charge in [0.1, 0.15) is 0 Å². The van der Waals surface area contributed by atoms with Gasteiger partial charge in [0.2, 0.25) is 0 Å². The molecular formula is C28H30N4O. The lowest BCUT2D eigenvalue weighted by Crippen LogP contribution is -2.36. The molecule has 5 rings (SSSR count). The molecule has 0 spiro atoms. The number of carbonyl (C=O) groups is 1. The zero-order chi connectivity index (χ0) is 22.5. The second kappa shape index (κ2) is 9.90. The summed E-state index contributed by atoms with van der Waals surface area (Å²) in [5.74, 6) is 0.649. The minimum Gasteiger partial charge on any atom is -0.338 e. The molecule has 168 valence electrons. The van der Waals surface area contributed by atoms with Crippen molar-refractivity contribution in [2.24, 2.45) is 5.92 Å². The smallest absolute Gasteiger partial charge is 0.315 e. The van der Waals surface area contributed by atoms with Crippen molar-refractivity contribution in [1.82, 2.24) is 20.2 Å². The van der Waals surface area contributed by atoms with Crippen molar-refractivity contribution in [1.29, 1.82) is 0 Å². The van der Waals surface area contributed by atoms with Crippen LogP contribution in [0.25, 0.3) is 11.0 Å². The lowest BCUT2D eigenvalue weighted by atomic mass is 9.82. The standard InChI is InChI=1S/C28H30N4O/c33-28(29-15-14-21-12-13-24-8-1-2-9-25(24)17-21)30-18-22-6-5-7-23(16-22)19-32-20-31-26-10-3-4-11-27(26)32/h1-11,16,20-21H,12-15,17-19H2,(H2,29,30,33). The van der Waals surface area contributed by atoms with Crippen LogP contribution in [0.2, 0.25) is 0 Å². The number of fused-ring (bicyclic) bond motifs is 2.